The van der Waals surface area contributed by atoms with Gasteiger partial charge >= 0.3 is 0 Å². The molecule has 0 saturated carbocycles. The Morgan fingerprint density at radius 1 is 0.812 bits per heavy atom. The summed E-state index contributed by atoms with van der Waals surface area (Å²) in [6.07, 6.45) is 6.08. The summed E-state index contributed by atoms with van der Waals surface area (Å²) in [4.78, 5) is 26.4. The molecule has 0 radical (unpaired) electrons. The minimum absolute atomic E-state index is 0.00142. The maximum atomic E-state index is 12.4. The predicted octanol–water partition coefficient (Wildman–Crippen LogP) is 5.57. The molecule has 0 aromatic heterocycles. The van der Waals surface area contributed by atoms with E-state index in [0.717, 1.165) is 24.5 Å². The first kappa shape index (κ1) is 25.2. The van der Waals surface area contributed by atoms with E-state index in [1.807, 2.05) is 38.1 Å². The third-order valence-electron chi connectivity index (χ3n) is 5.29. The van der Waals surface area contributed by atoms with Gasteiger partial charge in [0.15, 0.2) is 0 Å². The summed E-state index contributed by atoms with van der Waals surface area (Å²) < 4.78 is 5.77. The molecule has 32 heavy (non-hydrogen) atoms. The second-order valence-electron chi connectivity index (χ2n) is 7.74. The summed E-state index contributed by atoms with van der Waals surface area (Å²) >= 11 is 0. The molecule has 6 nitrogen and oxygen atoms in total. The Morgan fingerprint density at radius 2 is 1.44 bits per heavy atom. The van der Waals surface area contributed by atoms with Gasteiger partial charge in [0.1, 0.15) is 5.75 Å². The van der Waals surface area contributed by atoms with Gasteiger partial charge in [0.2, 0.25) is 5.91 Å². The first-order valence-corrected chi connectivity index (χ1v) is 11.7. The summed E-state index contributed by atoms with van der Waals surface area (Å²) in [7, 11) is 0. The molecule has 0 unspecified atom stereocenters. The van der Waals surface area contributed by atoms with Crippen molar-refractivity contribution in [3.8, 4) is 5.75 Å². The number of hydrogen-bond donors (Lipinski definition) is 2. The number of carbonyl (C=O) groups is 2. The number of amides is 2. The van der Waals surface area contributed by atoms with Gasteiger partial charge in [-0.25, -0.2) is 0 Å². The molecule has 0 heterocycles. The lowest BCUT2D eigenvalue weighted by molar-refractivity contribution is -0.114. The Labute approximate surface area is 192 Å². The lowest BCUT2D eigenvalue weighted by atomic mass is 10.1. The molecule has 0 bridgehead atoms. The molecule has 174 valence electrons. The van der Waals surface area contributed by atoms with Crippen LogP contribution in [0.3, 0.4) is 0 Å². The lowest BCUT2D eigenvalue weighted by Crippen LogP contribution is -2.30. The van der Waals surface area contributed by atoms with Crippen molar-refractivity contribution in [3.05, 3.63) is 54.1 Å². The third-order valence-corrected chi connectivity index (χ3v) is 5.29. The van der Waals surface area contributed by atoms with Crippen LogP contribution in [0.4, 0.5) is 11.4 Å². The summed E-state index contributed by atoms with van der Waals surface area (Å²) in [6.45, 7) is 8.36. The van der Waals surface area contributed by atoms with Gasteiger partial charge in [-0.2, -0.15) is 0 Å². The van der Waals surface area contributed by atoms with Crippen molar-refractivity contribution in [2.24, 2.45) is 0 Å². The van der Waals surface area contributed by atoms with Crippen LogP contribution in [0.5, 0.6) is 5.75 Å². The van der Waals surface area contributed by atoms with Crippen molar-refractivity contribution in [1.29, 1.82) is 0 Å². The first-order chi connectivity index (χ1) is 15.6. The van der Waals surface area contributed by atoms with E-state index in [1.165, 1.54) is 25.7 Å². The van der Waals surface area contributed by atoms with Crippen LogP contribution in [-0.2, 0) is 4.79 Å². The Bertz CT molecular complexity index is 815. The molecule has 2 aromatic rings. The van der Waals surface area contributed by atoms with Crippen molar-refractivity contribution in [2.45, 2.75) is 52.9 Å². The molecular formula is C26H37N3O3. The fourth-order valence-corrected chi connectivity index (χ4v) is 3.34. The van der Waals surface area contributed by atoms with Crippen LogP contribution >= 0.6 is 0 Å². The summed E-state index contributed by atoms with van der Waals surface area (Å²) in [5, 5.41) is 5.96. The molecule has 0 saturated heterocycles. The van der Waals surface area contributed by atoms with E-state index >= 15 is 0 Å². The van der Waals surface area contributed by atoms with Crippen LogP contribution in [0.2, 0.25) is 0 Å². The molecule has 6 heteroatoms. The number of anilines is 2. The molecule has 2 aromatic carbocycles. The number of benzene rings is 2. The molecule has 0 fully saturated rings. The number of nitrogens with zero attached hydrogens (tertiary/aromatic N) is 1. The van der Waals surface area contributed by atoms with Gasteiger partial charge in [0.25, 0.3) is 5.91 Å². The average Bonchev–Trinajstić information content (AvgIpc) is 2.82. The number of unbranched alkanes of at least 4 members (excludes halogenated alkanes) is 4. The smallest absolute Gasteiger partial charge is 0.253 e. The van der Waals surface area contributed by atoms with Crippen LogP contribution in [0.1, 0.15) is 63.2 Å². The van der Waals surface area contributed by atoms with Gasteiger partial charge in [-0.05, 0) is 68.8 Å². The van der Waals surface area contributed by atoms with Gasteiger partial charge in [-0.3, -0.25) is 9.59 Å². The summed E-state index contributed by atoms with van der Waals surface area (Å²) in [5.74, 6) is 0.688. The normalized spacial score (nSPS) is 10.5. The maximum Gasteiger partial charge on any atom is 0.253 e. The highest BCUT2D eigenvalue weighted by Gasteiger charge is 2.12. The molecular weight excluding hydrogens is 402 g/mol. The highest BCUT2D eigenvalue weighted by Crippen LogP contribution is 2.17. The van der Waals surface area contributed by atoms with Crippen LogP contribution in [-0.4, -0.2) is 43.0 Å². The van der Waals surface area contributed by atoms with Gasteiger partial charge in [0.05, 0.1) is 13.2 Å². The quantitative estimate of drug-likeness (QED) is 0.378. The lowest BCUT2D eigenvalue weighted by Gasteiger charge is -2.18. The largest absolute Gasteiger partial charge is 0.494 e. The number of carbonyl (C=O) groups excluding carboxylic acids is 2. The number of nitrogens with one attached hydrogen (secondary N) is 2. The Morgan fingerprint density at radius 3 is 2.06 bits per heavy atom. The molecule has 2 amide bonds. The molecule has 2 N–H and O–H groups in total. The summed E-state index contributed by atoms with van der Waals surface area (Å²) in [5.41, 5.74) is 2.14. The van der Waals surface area contributed by atoms with E-state index in [-0.39, 0.29) is 18.4 Å². The number of ether oxygens (including phenoxy) is 1. The third kappa shape index (κ3) is 8.61. The maximum absolute atomic E-state index is 12.4. The number of hydrogen-bond acceptors (Lipinski definition) is 4. The van der Waals surface area contributed by atoms with E-state index < -0.39 is 0 Å². The highest BCUT2D eigenvalue weighted by atomic mass is 16.5. The van der Waals surface area contributed by atoms with Crippen LogP contribution in [0, 0.1) is 0 Å². The van der Waals surface area contributed by atoms with Gasteiger partial charge in [0, 0.05) is 30.0 Å². The minimum atomic E-state index is -0.153. The standard InChI is InChI=1S/C26H37N3O3/c1-4-7-8-9-10-19-32-24-17-15-22(16-18-24)27-20-25(30)28-23-13-11-21(12-14-23)26(31)29(5-2)6-3/h11-18,27H,4-10,19-20H2,1-3H3,(H,28,30). The van der Waals surface area contributed by atoms with Gasteiger partial charge in [-0.1, -0.05) is 32.6 Å². The van der Waals surface area contributed by atoms with Crippen LogP contribution in [0.15, 0.2) is 48.5 Å². The Kier molecular flexibility index (Phi) is 11.1. The van der Waals surface area contributed by atoms with Crippen LogP contribution < -0.4 is 15.4 Å². The minimum Gasteiger partial charge on any atom is -0.494 e. The van der Waals surface area contributed by atoms with E-state index in [1.54, 1.807) is 29.2 Å². The molecule has 0 atom stereocenters. The second-order valence-corrected chi connectivity index (χ2v) is 7.74. The number of rotatable bonds is 14. The monoisotopic (exact) mass is 439 g/mol. The first-order valence-electron chi connectivity index (χ1n) is 11.7. The molecule has 0 aliphatic rings. The Hall–Kier alpha value is -3.02. The average molecular weight is 440 g/mol. The zero-order valence-corrected chi connectivity index (χ0v) is 19.7. The molecule has 2 rings (SSSR count). The van der Waals surface area contributed by atoms with E-state index in [4.69, 9.17) is 4.74 Å². The van der Waals surface area contributed by atoms with Gasteiger partial charge in [-0.15, -0.1) is 0 Å². The molecule has 0 aliphatic carbocycles. The van der Waals surface area contributed by atoms with Crippen molar-refractivity contribution in [1.82, 2.24) is 4.90 Å². The zero-order chi connectivity index (χ0) is 23.2. The zero-order valence-electron chi connectivity index (χ0n) is 19.7. The SMILES string of the molecule is CCCCCCCOc1ccc(NCC(=O)Nc2ccc(C(=O)N(CC)CC)cc2)cc1. The Balaban J connectivity index is 1.73. The second kappa shape index (κ2) is 14.1. The van der Waals surface area contributed by atoms with E-state index in [2.05, 4.69) is 17.6 Å². The van der Waals surface area contributed by atoms with E-state index in [9.17, 15) is 9.59 Å². The molecule has 0 spiro atoms. The van der Waals surface area contributed by atoms with Crippen LogP contribution in [0.25, 0.3) is 0 Å². The van der Waals surface area contributed by atoms with Crippen molar-refractivity contribution >= 4 is 23.2 Å². The van der Waals surface area contributed by atoms with Gasteiger partial charge < -0.3 is 20.3 Å². The summed E-state index contributed by atoms with van der Waals surface area (Å²) in [6, 6.07) is 14.6. The highest BCUT2D eigenvalue weighted by molar-refractivity contribution is 5.96. The fourth-order valence-electron chi connectivity index (χ4n) is 3.34. The predicted molar refractivity (Wildman–Crippen MR) is 132 cm³/mol. The molecule has 0 aliphatic heterocycles. The van der Waals surface area contributed by atoms with Crippen molar-refractivity contribution in [3.63, 3.8) is 0 Å². The fraction of sp³-hybridized carbons (Fsp3) is 0.462. The van der Waals surface area contributed by atoms with Crippen molar-refractivity contribution in [2.75, 3.05) is 36.9 Å². The van der Waals surface area contributed by atoms with Crippen molar-refractivity contribution < 1.29 is 14.3 Å². The topological polar surface area (TPSA) is 70.7 Å². The van der Waals surface area contributed by atoms with E-state index in [0.29, 0.717) is 24.3 Å².